The molecule has 0 aliphatic rings. The molecule has 0 N–H and O–H groups in total. The highest BCUT2D eigenvalue weighted by molar-refractivity contribution is 6.36. The Balaban J connectivity index is 1.69. The van der Waals surface area contributed by atoms with Crippen molar-refractivity contribution in [3.05, 3.63) is 70.3 Å². The second-order valence-corrected chi connectivity index (χ2v) is 6.15. The molecule has 0 saturated carbocycles. The lowest BCUT2D eigenvalue weighted by Gasteiger charge is -2.14. The fourth-order valence-electron chi connectivity index (χ4n) is 2.30. The maximum absolute atomic E-state index is 6.18. The first-order valence-electron chi connectivity index (χ1n) is 7.09. The van der Waals surface area contributed by atoms with Gasteiger partial charge in [-0.1, -0.05) is 29.3 Å². The van der Waals surface area contributed by atoms with Crippen LogP contribution in [0.15, 0.2) is 53.4 Å². The Labute approximate surface area is 144 Å². The Morgan fingerprint density at radius 2 is 2.04 bits per heavy atom. The van der Waals surface area contributed by atoms with Gasteiger partial charge in [0.1, 0.15) is 6.26 Å². The molecular weight excluding hydrogens is 333 g/mol. The van der Waals surface area contributed by atoms with E-state index in [0.29, 0.717) is 22.5 Å². The van der Waals surface area contributed by atoms with Crippen LogP contribution >= 0.6 is 23.2 Å². The van der Waals surface area contributed by atoms with E-state index in [2.05, 4.69) is 14.9 Å². The van der Waals surface area contributed by atoms with Gasteiger partial charge in [0, 0.05) is 30.5 Å². The highest BCUT2D eigenvalue weighted by Gasteiger charge is 2.12. The SMILES string of the molecule is CN(Cc1cccnc1)Cc1coc(-c2ccc(Cl)cc2Cl)n1. The molecule has 0 radical (unpaired) electrons. The summed E-state index contributed by atoms with van der Waals surface area (Å²) in [6, 6.07) is 9.22. The minimum atomic E-state index is 0.497. The Kier molecular flexibility index (Phi) is 4.96. The van der Waals surface area contributed by atoms with Crippen molar-refractivity contribution in [2.45, 2.75) is 13.1 Å². The molecule has 2 heterocycles. The molecule has 0 unspecified atom stereocenters. The molecule has 0 fully saturated rings. The molecule has 6 heteroatoms. The van der Waals surface area contributed by atoms with E-state index < -0.39 is 0 Å². The molecule has 0 aliphatic heterocycles. The number of hydrogen-bond acceptors (Lipinski definition) is 4. The minimum Gasteiger partial charge on any atom is -0.444 e. The number of rotatable bonds is 5. The van der Waals surface area contributed by atoms with Gasteiger partial charge in [-0.15, -0.1) is 0 Å². The average Bonchev–Trinajstić information content (AvgIpc) is 2.96. The van der Waals surface area contributed by atoms with Crippen LogP contribution in [0.1, 0.15) is 11.3 Å². The van der Waals surface area contributed by atoms with Crippen LogP contribution in [0.2, 0.25) is 10.0 Å². The van der Waals surface area contributed by atoms with Crippen molar-refractivity contribution in [1.29, 1.82) is 0 Å². The third kappa shape index (κ3) is 4.10. The van der Waals surface area contributed by atoms with E-state index in [1.165, 1.54) is 0 Å². The molecule has 0 saturated heterocycles. The summed E-state index contributed by atoms with van der Waals surface area (Å²) in [7, 11) is 2.02. The van der Waals surface area contributed by atoms with Crippen LogP contribution in [0.5, 0.6) is 0 Å². The van der Waals surface area contributed by atoms with Gasteiger partial charge >= 0.3 is 0 Å². The molecule has 0 aliphatic carbocycles. The van der Waals surface area contributed by atoms with Gasteiger partial charge in [-0.25, -0.2) is 4.98 Å². The van der Waals surface area contributed by atoms with Gasteiger partial charge in [0.15, 0.2) is 0 Å². The minimum absolute atomic E-state index is 0.497. The van der Waals surface area contributed by atoms with Gasteiger partial charge in [0.25, 0.3) is 0 Å². The molecule has 2 aromatic heterocycles. The maximum atomic E-state index is 6.18. The zero-order chi connectivity index (χ0) is 16.2. The number of aromatic nitrogens is 2. The maximum Gasteiger partial charge on any atom is 0.227 e. The summed E-state index contributed by atoms with van der Waals surface area (Å²) >= 11 is 12.1. The number of benzene rings is 1. The van der Waals surface area contributed by atoms with Crippen LogP contribution in [0, 0.1) is 0 Å². The standard InChI is InChI=1S/C17H15Cl2N3O/c1-22(9-12-3-2-6-20-8-12)10-14-11-23-17(21-14)15-5-4-13(18)7-16(15)19/h2-8,11H,9-10H2,1H3. The summed E-state index contributed by atoms with van der Waals surface area (Å²) in [4.78, 5) is 10.8. The van der Waals surface area contributed by atoms with E-state index in [1.807, 2.05) is 25.4 Å². The zero-order valence-electron chi connectivity index (χ0n) is 12.5. The van der Waals surface area contributed by atoms with Gasteiger partial charge < -0.3 is 4.42 Å². The first kappa shape index (κ1) is 16.0. The van der Waals surface area contributed by atoms with E-state index >= 15 is 0 Å². The summed E-state index contributed by atoms with van der Waals surface area (Å²) in [5, 5.41) is 1.11. The topological polar surface area (TPSA) is 42.2 Å². The second kappa shape index (κ2) is 7.13. The predicted molar refractivity (Wildman–Crippen MR) is 91.4 cm³/mol. The number of halogens is 2. The van der Waals surface area contributed by atoms with E-state index in [4.69, 9.17) is 27.6 Å². The molecule has 0 spiro atoms. The van der Waals surface area contributed by atoms with Crippen LogP contribution in [-0.2, 0) is 13.1 Å². The fraction of sp³-hybridized carbons (Fsp3) is 0.176. The van der Waals surface area contributed by atoms with Crippen molar-refractivity contribution >= 4 is 23.2 Å². The number of pyridine rings is 1. The van der Waals surface area contributed by atoms with Crippen molar-refractivity contribution < 1.29 is 4.42 Å². The second-order valence-electron chi connectivity index (χ2n) is 5.30. The van der Waals surface area contributed by atoms with Gasteiger partial charge in [-0.2, -0.15) is 0 Å². The van der Waals surface area contributed by atoms with Gasteiger partial charge in [-0.3, -0.25) is 9.88 Å². The largest absolute Gasteiger partial charge is 0.444 e. The summed E-state index contributed by atoms with van der Waals surface area (Å²) in [5.74, 6) is 0.497. The number of hydrogen-bond donors (Lipinski definition) is 0. The van der Waals surface area contributed by atoms with Gasteiger partial charge in [0.05, 0.1) is 16.3 Å². The molecule has 4 nitrogen and oxygen atoms in total. The van der Waals surface area contributed by atoms with E-state index in [9.17, 15) is 0 Å². The van der Waals surface area contributed by atoms with Gasteiger partial charge in [0.2, 0.25) is 5.89 Å². The predicted octanol–water partition coefficient (Wildman–Crippen LogP) is 4.68. The normalized spacial score (nSPS) is 11.1. The third-order valence-corrected chi connectivity index (χ3v) is 3.87. The molecule has 3 rings (SSSR count). The summed E-state index contributed by atoms with van der Waals surface area (Å²) in [5.41, 5.74) is 2.73. The Bertz CT molecular complexity index is 790. The smallest absolute Gasteiger partial charge is 0.227 e. The quantitative estimate of drug-likeness (QED) is 0.672. The molecule has 0 bridgehead atoms. The first-order valence-corrected chi connectivity index (χ1v) is 7.84. The zero-order valence-corrected chi connectivity index (χ0v) is 14.1. The van der Waals surface area contributed by atoms with Crippen LogP contribution in [0.25, 0.3) is 11.5 Å². The molecular formula is C17H15Cl2N3O. The molecule has 0 atom stereocenters. The van der Waals surface area contributed by atoms with Crippen LogP contribution in [-0.4, -0.2) is 21.9 Å². The number of nitrogens with zero attached hydrogens (tertiary/aromatic N) is 3. The third-order valence-electron chi connectivity index (χ3n) is 3.32. The van der Waals surface area contributed by atoms with Crippen molar-refractivity contribution in [2.24, 2.45) is 0 Å². The summed E-state index contributed by atoms with van der Waals surface area (Å²) in [6.45, 7) is 1.46. The Morgan fingerprint density at radius 1 is 1.17 bits per heavy atom. The van der Waals surface area contributed by atoms with Crippen LogP contribution in [0.4, 0.5) is 0 Å². The lowest BCUT2D eigenvalue weighted by atomic mass is 10.2. The molecule has 0 amide bonds. The molecule has 3 aromatic rings. The molecule has 118 valence electrons. The lowest BCUT2D eigenvalue weighted by molar-refractivity contribution is 0.314. The number of oxazole rings is 1. The Hall–Kier alpha value is -1.88. The van der Waals surface area contributed by atoms with Crippen LogP contribution in [0.3, 0.4) is 0 Å². The summed E-state index contributed by atoms with van der Waals surface area (Å²) < 4.78 is 5.54. The van der Waals surface area contributed by atoms with E-state index in [1.54, 1.807) is 30.7 Å². The fourth-order valence-corrected chi connectivity index (χ4v) is 2.79. The van der Waals surface area contributed by atoms with E-state index in [0.717, 1.165) is 23.4 Å². The molecule has 1 aromatic carbocycles. The van der Waals surface area contributed by atoms with Crippen molar-refractivity contribution in [3.8, 4) is 11.5 Å². The highest BCUT2D eigenvalue weighted by atomic mass is 35.5. The Morgan fingerprint density at radius 3 is 2.78 bits per heavy atom. The van der Waals surface area contributed by atoms with Crippen molar-refractivity contribution in [1.82, 2.24) is 14.9 Å². The van der Waals surface area contributed by atoms with Gasteiger partial charge in [-0.05, 0) is 36.9 Å². The van der Waals surface area contributed by atoms with Crippen LogP contribution < -0.4 is 0 Å². The first-order chi connectivity index (χ1) is 11.1. The summed E-state index contributed by atoms with van der Waals surface area (Å²) in [6.07, 6.45) is 5.28. The van der Waals surface area contributed by atoms with Crippen molar-refractivity contribution in [3.63, 3.8) is 0 Å². The van der Waals surface area contributed by atoms with E-state index in [-0.39, 0.29) is 0 Å². The monoisotopic (exact) mass is 347 g/mol. The average molecular weight is 348 g/mol. The van der Waals surface area contributed by atoms with Crippen molar-refractivity contribution in [2.75, 3.05) is 7.05 Å². The molecule has 23 heavy (non-hydrogen) atoms. The lowest BCUT2D eigenvalue weighted by Crippen LogP contribution is -2.17. The highest BCUT2D eigenvalue weighted by Crippen LogP contribution is 2.29.